The Morgan fingerprint density at radius 1 is 1.38 bits per heavy atom. The van der Waals surface area contributed by atoms with Crippen LogP contribution in [0.5, 0.6) is 0 Å². The molecule has 1 amide bonds. The molecule has 5 nitrogen and oxygen atoms in total. The first-order valence-corrected chi connectivity index (χ1v) is 5.65. The minimum absolute atomic E-state index is 0.174. The highest BCUT2D eigenvalue weighted by Crippen LogP contribution is 2.05. The highest BCUT2D eigenvalue weighted by Gasteiger charge is 2.31. The summed E-state index contributed by atoms with van der Waals surface area (Å²) in [5.74, 6) is -0.405. The van der Waals surface area contributed by atoms with E-state index in [0.29, 0.717) is 19.8 Å². The summed E-state index contributed by atoms with van der Waals surface area (Å²) in [6, 6.07) is 0.174. The molecule has 0 saturated carbocycles. The van der Waals surface area contributed by atoms with E-state index in [0.717, 1.165) is 0 Å². The molecule has 0 aromatic carbocycles. The largest absolute Gasteiger partial charge is 0.379 e. The molecule has 0 saturated heterocycles. The van der Waals surface area contributed by atoms with Gasteiger partial charge in [-0.3, -0.25) is 10.1 Å². The molecule has 5 heteroatoms. The Balaban J connectivity index is 3.98. The Bertz CT molecular complexity index is 209. The molecule has 96 valence electrons. The average molecular weight is 232 g/mol. The lowest BCUT2D eigenvalue weighted by molar-refractivity contribution is -0.127. The van der Waals surface area contributed by atoms with Crippen LogP contribution in [-0.4, -0.2) is 43.9 Å². The predicted octanol–water partition coefficient (Wildman–Crippen LogP) is 0.282. The number of amides is 1. The lowest BCUT2D eigenvalue weighted by atomic mass is 10.0. The molecule has 0 radical (unpaired) electrons. The molecule has 0 aromatic rings. The van der Waals surface area contributed by atoms with Crippen molar-refractivity contribution >= 4 is 5.91 Å². The lowest BCUT2D eigenvalue weighted by Crippen LogP contribution is -2.58. The minimum atomic E-state index is -0.819. The van der Waals surface area contributed by atoms with Crippen LogP contribution in [0.1, 0.15) is 27.7 Å². The summed E-state index contributed by atoms with van der Waals surface area (Å²) in [6.45, 7) is 9.52. The molecule has 0 aromatic heterocycles. The van der Waals surface area contributed by atoms with Gasteiger partial charge in [-0.25, -0.2) is 0 Å². The Hall–Kier alpha value is -0.650. The molecule has 0 heterocycles. The third-order valence-corrected chi connectivity index (χ3v) is 2.12. The molecule has 0 aliphatic rings. The number of nitrogens with two attached hydrogens (primary N) is 1. The van der Waals surface area contributed by atoms with Crippen LogP contribution in [0.25, 0.3) is 0 Å². The van der Waals surface area contributed by atoms with Crippen molar-refractivity contribution in [1.82, 2.24) is 5.32 Å². The molecule has 3 N–H and O–H groups in total. The number of hydrogen-bond donors (Lipinski definition) is 2. The van der Waals surface area contributed by atoms with Gasteiger partial charge in [0.1, 0.15) is 5.54 Å². The van der Waals surface area contributed by atoms with Crippen molar-refractivity contribution < 1.29 is 14.3 Å². The fourth-order valence-corrected chi connectivity index (χ4v) is 1.36. The molecule has 16 heavy (non-hydrogen) atoms. The second kappa shape index (κ2) is 7.60. The van der Waals surface area contributed by atoms with Crippen molar-refractivity contribution in [3.05, 3.63) is 0 Å². The molecule has 0 spiro atoms. The van der Waals surface area contributed by atoms with Crippen molar-refractivity contribution in [3.8, 4) is 0 Å². The zero-order chi connectivity index (χ0) is 12.6. The molecule has 0 aliphatic heterocycles. The van der Waals surface area contributed by atoms with Crippen LogP contribution in [0.2, 0.25) is 0 Å². The maximum absolute atomic E-state index is 11.3. The molecule has 0 rings (SSSR count). The summed E-state index contributed by atoms with van der Waals surface area (Å²) >= 11 is 0. The third kappa shape index (κ3) is 6.05. The number of carbonyl (C=O) groups is 1. The van der Waals surface area contributed by atoms with Gasteiger partial charge >= 0.3 is 0 Å². The predicted molar refractivity (Wildman–Crippen MR) is 63.2 cm³/mol. The Kier molecular flexibility index (Phi) is 7.29. The van der Waals surface area contributed by atoms with Crippen molar-refractivity contribution in [3.63, 3.8) is 0 Å². The van der Waals surface area contributed by atoms with Gasteiger partial charge in [-0.2, -0.15) is 0 Å². The SMILES string of the molecule is CCOCCOCC(C)(NC(C)C)C(N)=O. The lowest BCUT2D eigenvalue weighted by Gasteiger charge is -2.29. The first-order valence-electron chi connectivity index (χ1n) is 5.65. The Morgan fingerprint density at radius 2 is 1.94 bits per heavy atom. The van der Waals surface area contributed by atoms with Crippen LogP contribution in [0.4, 0.5) is 0 Å². The van der Waals surface area contributed by atoms with E-state index in [9.17, 15) is 4.79 Å². The molecule has 0 aliphatic carbocycles. The van der Waals surface area contributed by atoms with Gasteiger partial charge in [0.25, 0.3) is 0 Å². The number of ether oxygens (including phenoxy) is 2. The highest BCUT2D eigenvalue weighted by molar-refractivity contribution is 5.84. The zero-order valence-electron chi connectivity index (χ0n) is 10.7. The number of nitrogens with one attached hydrogen (secondary N) is 1. The van der Waals surface area contributed by atoms with E-state index in [1.54, 1.807) is 6.92 Å². The van der Waals surface area contributed by atoms with Gasteiger partial charge in [0.15, 0.2) is 0 Å². The van der Waals surface area contributed by atoms with Gasteiger partial charge in [0, 0.05) is 12.6 Å². The van der Waals surface area contributed by atoms with E-state index in [4.69, 9.17) is 15.2 Å². The zero-order valence-corrected chi connectivity index (χ0v) is 10.7. The highest BCUT2D eigenvalue weighted by atomic mass is 16.5. The third-order valence-electron chi connectivity index (χ3n) is 2.12. The summed E-state index contributed by atoms with van der Waals surface area (Å²) in [6.07, 6.45) is 0. The van der Waals surface area contributed by atoms with Gasteiger partial charge in [0.05, 0.1) is 19.8 Å². The Labute approximate surface area is 97.7 Å². The molecule has 1 atom stereocenters. The van der Waals surface area contributed by atoms with Crippen molar-refractivity contribution in [2.75, 3.05) is 26.4 Å². The van der Waals surface area contributed by atoms with Crippen molar-refractivity contribution in [2.45, 2.75) is 39.3 Å². The van der Waals surface area contributed by atoms with Crippen molar-refractivity contribution in [2.24, 2.45) is 5.73 Å². The maximum Gasteiger partial charge on any atom is 0.239 e. The summed E-state index contributed by atoms with van der Waals surface area (Å²) in [4.78, 5) is 11.3. The van der Waals surface area contributed by atoms with E-state index in [1.165, 1.54) is 0 Å². The van der Waals surface area contributed by atoms with Crippen LogP contribution < -0.4 is 11.1 Å². The van der Waals surface area contributed by atoms with Crippen LogP contribution in [-0.2, 0) is 14.3 Å². The first kappa shape index (κ1) is 15.3. The molecular weight excluding hydrogens is 208 g/mol. The van der Waals surface area contributed by atoms with Gasteiger partial charge in [-0.15, -0.1) is 0 Å². The molecule has 0 bridgehead atoms. The van der Waals surface area contributed by atoms with E-state index in [1.807, 2.05) is 20.8 Å². The van der Waals surface area contributed by atoms with Gasteiger partial charge < -0.3 is 15.2 Å². The topological polar surface area (TPSA) is 73.6 Å². The van der Waals surface area contributed by atoms with Crippen LogP contribution in [0.15, 0.2) is 0 Å². The van der Waals surface area contributed by atoms with E-state index < -0.39 is 11.4 Å². The van der Waals surface area contributed by atoms with Crippen molar-refractivity contribution in [1.29, 1.82) is 0 Å². The van der Waals surface area contributed by atoms with Gasteiger partial charge in [0.2, 0.25) is 5.91 Å². The average Bonchev–Trinajstić information content (AvgIpc) is 2.16. The fraction of sp³-hybridized carbons (Fsp3) is 0.909. The first-order chi connectivity index (χ1) is 7.42. The summed E-state index contributed by atoms with van der Waals surface area (Å²) in [7, 11) is 0. The number of carbonyl (C=O) groups excluding carboxylic acids is 1. The summed E-state index contributed by atoms with van der Waals surface area (Å²) in [5, 5.41) is 3.11. The number of hydrogen-bond acceptors (Lipinski definition) is 4. The standard InChI is InChI=1S/C11H24N2O3/c1-5-15-6-7-16-8-11(4,10(12)14)13-9(2)3/h9,13H,5-8H2,1-4H3,(H2,12,14). The number of primary amides is 1. The Morgan fingerprint density at radius 3 is 2.38 bits per heavy atom. The van der Waals surface area contributed by atoms with Gasteiger partial charge in [-0.1, -0.05) is 0 Å². The van der Waals surface area contributed by atoms with E-state index >= 15 is 0 Å². The molecule has 1 unspecified atom stereocenters. The minimum Gasteiger partial charge on any atom is -0.379 e. The summed E-state index contributed by atoms with van der Waals surface area (Å²) < 4.78 is 10.5. The summed E-state index contributed by atoms with van der Waals surface area (Å²) in [5.41, 5.74) is 4.53. The van der Waals surface area contributed by atoms with Crippen LogP contribution in [0, 0.1) is 0 Å². The normalized spacial score (nSPS) is 15.1. The van der Waals surface area contributed by atoms with E-state index in [2.05, 4.69) is 5.32 Å². The molecular formula is C11H24N2O3. The van der Waals surface area contributed by atoms with Crippen LogP contribution in [0.3, 0.4) is 0 Å². The number of rotatable bonds is 9. The van der Waals surface area contributed by atoms with Gasteiger partial charge in [-0.05, 0) is 27.7 Å². The fourth-order valence-electron chi connectivity index (χ4n) is 1.36. The monoisotopic (exact) mass is 232 g/mol. The second-order valence-corrected chi connectivity index (χ2v) is 4.24. The van der Waals surface area contributed by atoms with E-state index in [-0.39, 0.29) is 12.6 Å². The smallest absolute Gasteiger partial charge is 0.239 e. The van der Waals surface area contributed by atoms with Crippen LogP contribution >= 0.6 is 0 Å². The molecule has 0 fully saturated rings. The quantitative estimate of drug-likeness (QED) is 0.560. The maximum atomic E-state index is 11.3. The second-order valence-electron chi connectivity index (χ2n) is 4.24.